The van der Waals surface area contributed by atoms with E-state index >= 15 is 0 Å². The van der Waals surface area contributed by atoms with Gasteiger partial charge in [-0.2, -0.15) is 4.98 Å². The highest BCUT2D eigenvalue weighted by Crippen LogP contribution is 2.25. The largest absolute Gasteiger partial charge is 0.338 e. The van der Waals surface area contributed by atoms with Crippen LogP contribution in [-0.2, 0) is 5.75 Å². The van der Waals surface area contributed by atoms with Gasteiger partial charge in [0.1, 0.15) is 5.82 Å². The molecule has 1 unspecified atom stereocenters. The molecular formula is C14H18FN3OS. The lowest BCUT2D eigenvalue weighted by atomic mass is 10.0. The molecule has 0 aliphatic rings. The molecule has 4 nitrogen and oxygen atoms in total. The average Bonchev–Trinajstić information content (AvgIpc) is 2.86. The number of rotatable bonds is 6. The Balaban J connectivity index is 1.95. The molecule has 1 atom stereocenters. The number of benzene rings is 1. The van der Waals surface area contributed by atoms with Gasteiger partial charge in [-0.25, -0.2) is 4.39 Å². The SMILES string of the molecule is CC(C)CC(N)c1nc(CSc2ccccc2F)no1. The van der Waals surface area contributed by atoms with Crippen molar-refractivity contribution in [3.8, 4) is 0 Å². The molecule has 0 radical (unpaired) electrons. The molecule has 1 heterocycles. The summed E-state index contributed by atoms with van der Waals surface area (Å²) in [7, 11) is 0. The van der Waals surface area contributed by atoms with Gasteiger partial charge in [-0.1, -0.05) is 31.1 Å². The molecule has 1 aromatic carbocycles. The standard InChI is InChI=1S/C14H18FN3OS/c1-9(2)7-11(16)14-17-13(18-19-14)8-20-12-6-4-3-5-10(12)15/h3-6,9,11H,7-8,16H2,1-2H3. The second-order valence-electron chi connectivity index (χ2n) is 5.00. The molecule has 0 saturated heterocycles. The van der Waals surface area contributed by atoms with Crippen LogP contribution < -0.4 is 5.73 Å². The molecule has 0 spiro atoms. The van der Waals surface area contributed by atoms with Crippen molar-refractivity contribution in [1.29, 1.82) is 0 Å². The maximum absolute atomic E-state index is 13.5. The maximum Gasteiger partial charge on any atom is 0.243 e. The summed E-state index contributed by atoms with van der Waals surface area (Å²) in [5.74, 6) is 1.67. The molecule has 0 saturated carbocycles. The Morgan fingerprint density at radius 2 is 2.10 bits per heavy atom. The van der Waals surface area contributed by atoms with Crippen molar-refractivity contribution in [3.63, 3.8) is 0 Å². The van der Waals surface area contributed by atoms with E-state index in [9.17, 15) is 4.39 Å². The normalized spacial score (nSPS) is 12.8. The molecule has 0 aliphatic carbocycles. The van der Waals surface area contributed by atoms with Crippen molar-refractivity contribution in [2.45, 2.75) is 37.0 Å². The third kappa shape index (κ3) is 4.05. The minimum atomic E-state index is -0.241. The summed E-state index contributed by atoms with van der Waals surface area (Å²) >= 11 is 1.34. The molecule has 6 heteroatoms. The molecule has 2 N–H and O–H groups in total. The third-order valence-corrected chi connectivity index (χ3v) is 3.76. The number of thioether (sulfide) groups is 1. The van der Waals surface area contributed by atoms with Crippen molar-refractivity contribution in [2.24, 2.45) is 11.7 Å². The zero-order chi connectivity index (χ0) is 14.5. The molecular weight excluding hydrogens is 277 g/mol. The second kappa shape index (κ2) is 6.85. The van der Waals surface area contributed by atoms with Gasteiger partial charge in [-0.15, -0.1) is 11.8 Å². The average molecular weight is 295 g/mol. The van der Waals surface area contributed by atoms with Gasteiger partial charge >= 0.3 is 0 Å². The minimum absolute atomic E-state index is 0.238. The summed E-state index contributed by atoms with van der Waals surface area (Å²) in [6.45, 7) is 4.18. The highest BCUT2D eigenvalue weighted by atomic mass is 32.2. The van der Waals surface area contributed by atoms with Gasteiger partial charge in [0, 0.05) is 4.90 Å². The van der Waals surface area contributed by atoms with Crippen LogP contribution in [0.5, 0.6) is 0 Å². The lowest BCUT2D eigenvalue weighted by Crippen LogP contribution is -2.13. The topological polar surface area (TPSA) is 64.9 Å². The fraction of sp³-hybridized carbons (Fsp3) is 0.429. The van der Waals surface area contributed by atoms with Gasteiger partial charge in [0.2, 0.25) is 5.89 Å². The number of hydrogen-bond acceptors (Lipinski definition) is 5. The van der Waals surface area contributed by atoms with E-state index in [1.165, 1.54) is 17.8 Å². The number of nitrogens with zero attached hydrogens (tertiary/aromatic N) is 2. The summed E-state index contributed by atoms with van der Waals surface area (Å²) in [6.07, 6.45) is 0.794. The van der Waals surface area contributed by atoms with Gasteiger partial charge in [0.15, 0.2) is 5.82 Å². The lowest BCUT2D eigenvalue weighted by molar-refractivity contribution is 0.333. The highest BCUT2D eigenvalue weighted by molar-refractivity contribution is 7.98. The first-order valence-electron chi connectivity index (χ1n) is 6.51. The first-order chi connectivity index (χ1) is 9.56. The highest BCUT2D eigenvalue weighted by Gasteiger charge is 2.16. The number of halogens is 1. The van der Waals surface area contributed by atoms with Crippen molar-refractivity contribution >= 4 is 11.8 Å². The molecule has 2 rings (SSSR count). The van der Waals surface area contributed by atoms with Gasteiger partial charge in [-0.3, -0.25) is 0 Å². The monoisotopic (exact) mass is 295 g/mol. The smallest absolute Gasteiger partial charge is 0.243 e. The zero-order valence-corrected chi connectivity index (χ0v) is 12.4. The Hall–Kier alpha value is -1.40. The number of aromatic nitrogens is 2. The van der Waals surface area contributed by atoms with Crippen LogP contribution in [0.3, 0.4) is 0 Å². The van der Waals surface area contributed by atoms with Crippen LogP contribution in [0.2, 0.25) is 0 Å². The van der Waals surface area contributed by atoms with Crippen LogP contribution >= 0.6 is 11.8 Å². The van der Waals surface area contributed by atoms with Crippen LogP contribution in [-0.4, -0.2) is 10.1 Å². The van der Waals surface area contributed by atoms with Crippen molar-refractivity contribution in [1.82, 2.24) is 10.1 Å². The first kappa shape index (κ1) is 15.0. The van der Waals surface area contributed by atoms with Gasteiger partial charge in [0.05, 0.1) is 11.8 Å². The summed E-state index contributed by atoms with van der Waals surface area (Å²) in [5.41, 5.74) is 5.98. The van der Waals surface area contributed by atoms with Crippen molar-refractivity contribution in [2.75, 3.05) is 0 Å². The molecule has 0 aliphatic heterocycles. The number of nitrogens with two attached hydrogens (primary N) is 1. The van der Waals surface area contributed by atoms with Gasteiger partial charge < -0.3 is 10.3 Å². The van der Waals surface area contributed by atoms with Crippen molar-refractivity contribution < 1.29 is 8.91 Å². The van der Waals surface area contributed by atoms with E-state index in [0.717, 1.165) is 6.42 Å². The zero-order valence-electron chi connectivity index (χ0n) is 11.5. The van der Waals surface area contributed by atoms with Gasteiger partial charge in [-0.05, 0) is 24.5 Å². The predicted octanol–water partition coefficient (Wildman–Crippen LogP) is 3.55. The molecule has 108 valence electrons. The van der Waals surface area contributed by atoms with E-state index in [1.807, 2.05) is 0 Å². The van der Waals surface area contributed by atoms with E-state index in [0.29, 0.717) is 28.3 Å². The fourth-order valence-electron chi connectivity index (χ4n) is 1.79. The maximum atomic E-state index is 13.5. The van der Waals surface area contributed by atoms with E-state index < -0.39 is 0 Å². The first-order valence-corrected chi connectivity index (χ1v) is 7.50. The van der Waals surface area contributed by atoms with Crippen LogP contribution in [0, 0.1) is 11.7 Å². The van der Waals surface area contributed by atoms with Crippen LogP contribution in [0.1, 0.15) is 38.0 Å². The van der Waals surface area contributed by atoms with E-state index in [-0.39, 0.29) is 11.9 Å². The minimum Gasteiger partial charge on any atom is -0.338 e. The second-order valence-corrected chi connectivity index (χ2v) is 6.02. The van der Waals surface area contributed by atoms with E-state index in [1.54, 1.807) is 18.2 Å². The van der Waals surface area contributed by atoms with Crippen LogP contribution in [0.25, 0.3) is 0 Å². The molecule has 0 amide bonds. The Morgan fingerprint density at radius 3 is 2.80 bits per heavy atom. The summed E-state index contributed by atoms with van der Waals surface area (Å²) in [6, 6.07) is 6.38. The molecule has 20 heavy (non-hydrogen) atoms. The summed E-state index contributed by atoms with van der Waals surface area (Å²) in [5, 5.41) is 3.88. The van der Waals surface area contributed by atoms with Gasteiger partial charge in [0.25, 0.3) is 0 Å². The van der Waals surface area contributed by atoms with Crippen molar-refractivity contribution in [3.05, 3.63) is 41.8 Å². The quantitative estimate of drug-likeness (QED) is 0.826. The Labute approximate surface area is 121 Å². The molecule has 0 fully saturated rings. The predicted molar refractivity (Wildman–Crippen MR) is 76.6 cm³/mol. The van der Waals surface area contributed by atoms with Crippen LogP contribution in [0.4, 0.5) is 4.39 Å². The summed E-state index contributed by atoms with van der Waals surface area (Å²) in [4.78, 5) is 4.84. The third-order valence-electron chi connectivity index (χ3n) is 2.72. The molecule has 1 aromatic heterocycles. The Morgan fingerprint density at radius 1 is 1.35 bits per heavy atom. The molecule has 2 aromatic rings. The lowest BCUT2D eigenvalue weighted by Gasteiger charge is -2.08. The fourth-order valence-corrected chi connectivity index (χ4v) is 2.57. The Bertz CT molecular complexity index is 559. The van der Waals surface area contributed by atoms with E-state index in [4.69, 9.17) is 10.3 Å². The Kier molecular flexibility index (Phi) is 5.14. The van der Waals surface area contributed by atoms with Crippen LogP contribution in [0.15, 0.2) is 33.7 Å². The van der Waals surface area contributed by atoms with E-state index in [2.05, 4.69) is 24.0 Å². The molecule has 0 bridgehead atoms. The summed E-state index contributed by atoms with van der Waals surface area (Å²) < 4.78 is 18.6. The number of hydrogen-bond donors (Lipinski definition) is 1.